The van der Waals surface area contributed by atoms with E-state index in [2.05, 4.69) is 19.2 Å². The summed E-state index contributed by atoms with van der Waals surface area (Å²) in [7, 11) is 0. The summed E-state index contributed by atoms with van der Waals surface area (Å²) in [6.07, 6.45) is 3.42. The molecule has 2 amide bonds. The molecule has 1 aliphatic carbocycles. The van der Waals surface area contributed by atoms with Crippen molar-refractivity contribution in [2.75, 3.05) is 6.61 Å². The number of hydrogen-bond donors (Lipinski definition) is 2. The fourth-order valence-corrected chi connectivity index (χ4v) is 2.90. The van der Waals surface area contributed by atoms with Gasteiger partial charge in [-0.1, -0.05) is 26.7 Å². The van der Waals surface area contributed by atoms with E-state index < -0.39 is 5.91 Å². The van der Waals surface area contributed by atoms with Crippen LogP contribution in [0.15, 0.2) is 24.3 Å². The molecule has 0 aliphatic heterocycles. The van der Waals surface area contributed by atoms with E-state index in [1.165, 1.54) is 6.42 Å². The zero-order chi connectivity index (χ0) is 16.1. The van der Waals surface area contributed by atoms with Crippen LogP contribution in [0, 0.1) is 11.8 Å². The molecule has 1 aromatic rings. The van der Waals surface area contributed by atoms with E-state index >= 15 is 0 Å². The second-order valence-electron chi connectivity index (χ2n) is 6.12. The Hall–Kier alpha value is -2.04. The minimum atomic E-state index is -0.482. The van der Waals surface area contributed by atoms with Gasteiger partial charge in [0, 0.05) is 11.6 Å². The van der Waals surface area contributed by atoms with Gasteiger partial charge < -0.3 is 15.8 Å². The van der Waals surface area contributed by atoms with Gasteiger partial charge in [0.2, 0.25) is 5.91 Å². The van der Waals surface area contributed by atoms with Gasteiger partial charge in [0.05, 0.1) is 0 Å². The number of nitrogens with two attached hydrogens (primary N) is 1. The number of primary amides is 1. The quantitative estimate of drug-likeness (QED) is 0.874. The van der Waals surface area contributed by atoms with Crippen LogP contribution >= 0.6 is 0 Å². The molecule has 1 saturated carbocycles. The fraction of sp³-hybridized carbons (Fsp3) is 0.529. The molecule has 0 bridgehead atoms. The van der Waals surface area contributed by atoms with Gasteiger partial charge in [-0.25, -0.2) is 0 Å². The third kappa shape index (κ3) is 4.23. The Morgan fingerprint density at radius 1 is 1.23 bits per heavy atom. The van der Waals surface area contributed by atoms with E-state index in [4.69, 9.17) is 10.5 Å². The molecule has 0 aromatic heterocycles. The number of hydrogen-bond acceptors (Lipinski definition) is 3. The number of benzene rings is 1. The van der Waals surface area contributed by atoms with Gasteiger partial charge in [0.15, 0.2) is 6.61 Å². The number of ether oxygens (including phenoxy) is 1. The van der Waals surface area contributed by atoms with E-state index in [1.54, 1.807) is 24.3 Å². The Morgan fingerprint density at radius 3 is 2.55 bits per heavy atom. The average molecular weight is 304 g/mol. The maximum Gasteiger partial charge on any atom is 0.258 e. The lowest BCUT2D eigenvalue weighted by molar-refractivity contribution is -0.124. The molecule has 1 aliphatic rings. The van der Waals surface area contributed by atoms with Crippen LogP contribution in [-0.4, -0.2) is 24.5 Å². The molecule has 22 heavy (non-hydrogen) atoms. The molecule has 0 radical (unpaired) electrons. The molecular weight excluding hydrogens is 280 g/mol. The molecule has 1 aromatic carbocycles. The molecule has 120 valence electrons. The van der Waals surface area contributed by atoms with Crippen molar-refractivity contribution < 1.29 is 14.3 Å². The van der Waals surface area contributed by atoms with E-state index in [1.807, 2.05) is 0 Å². The van der Waals surface area contributed by atoms with Crippen LogP contribution in [-0.2, 0) is 4.79 Å². The molecule has 3 N–H and O–H groups in total. The van der Waals surface area contributed by atoms with Crippen LogP contribution < -0.4 is 15.8 Å². The minimum absolute atomic E-state index is 0.0203. The molecule has 5 heteroatoms. The highest BCUT2D eigenvalue weighted by Gasteiger charge is 2.28. The summed E-state index contributed by atoms with van der Waals surface area (Å²) in [6.45, 7) is 4.41. The lowest BCUT2D eigenvalue weighted by atomic mass is 9.78. The molecule has 5 nitrogen and oxygen atoms in total. The summed E-state index contributed by atoms with van der Waals surface area (Å²) in [4.78, 5) is 23.0. The highest BCUT2D eigenvalue weighted by atomic mass is 16.5. The van der Waals surface area contributed by atoms with Gasteiger partial charge in [-0.05, 0) is 42.5 Å². The maximum absolute atomic E-state index is 12.0. The summed E-state index contributed by atoms with van der Waals surface area (Å²) < 4.78 is 5.44. The molecule has 0 spiro atoms. The molecule has 0 unspecified atom stereocenters. The summed E-state index contributed by atoms with van der Waals surface area (Å²) in [5, 5.41) is 3.06. The van der Waals surface area contributed by atoms with Gasteiger partial charge >= 0.3 is 0 Å². The van der Waals surface area contributed by atoms with Crippen LogP contribution in [0.25, 0.3) is 0 Å². The standard InChI is InChI=1S/C17H24N2O3/c1-11-4-3-5-15(12(11)2)19-16(20)10-22-14-8-6-13(7-9-14)17(18)21/h6-9,11-12,15H,3-5,10H2,1-2H3,(H2,18,21)(H,19,20)/t11-,12+,15-/m0/s1. The minimum Gasteiger partial charge on any atom is -0.484 e. The van der Waals surface area contributed by atoms with Crippen molar-refractivity contribution in [2.45, 2.75) is 39.2 Å². The number of nitrogens with one attached hydrogen (secondary N) is 1. The van der Waals surface area contributed by atoms with Crippen molar-refractivity contribution in [3.05, 3.63) is 29.8 Å². The zero-order valence-electron chi connectivity index (χ0n) is 13.2. The topological polar surface area (TPSA) is 81.4 Å². The zero-order valence-corrected chi connectivity index (χ0v) is 13.2. The third-order valence-electron chi connectivity index (χ3n) is 4.56. The molecule has 0 saturated heterocycles. The van der Waals surface area contributed by atoms with Crippen molar-refractivity contribution in [1.82, 2.24) is 5.32 Å². The van der Waals surface area contributed by atoms with Gasteiger partial charge in [0.25, 0.3) is 5.91 Å². The fourth-order valence-electron chi connectivity index (χ4n) is 2.90. The van der Waals surface area contributed by atoms with Crippen LogP contribution in [0.1, 0.15) is 43.5 Å². The normalized spacial score (nSPS) is 24.5. The molecule has 1 fully saturated rings. The lowest BCUT2D eigenvalue weighted by Gasteiger charge is -2.34. The molecular formula is C17H24N2O3. The van der Waals surface area contributed by atoms with Crippen molar-refractivity contribution in [2.24, 2.45) is 17.6 Å². The van der Waals surface area contributed by atoms with E-state index in [-0.39, 0.29) is 18.6 Å². The smallest absolute Gasteiger partial charge is 0.258 e. The number of amides is 2. The second kappa shape index (κ2) is 7.29. The first kappa shape index (κ1) is 16.3. The lowest BCUT2D eigenvalue weighted by Crippen LogP contribution is -2.45. The summed E-state index contributed by atoms with van der Waals surface area (Å²) in [5.74, 6) is 1.09. The van der Waals surface area contributed by atoms with Crippen LogP contribution in [0.2, 0.25) is 0 Å². The predicted molar refractivity (Wildman–Crippen MR) is 84.6 cm³/mol. The third-order valence-corrected chi connectivity index (χ3v) is 4.56. The second-order valence-corrected chi connectivity index (χ2v) is 6.12. The molecule has 0 heterocycles. The summed E-state index contributed by atoms with van der Waals surface area (Å²) in [5.41, 5.74) is 5.59. The molecule has 2 rings (SSSR count). The van der Waals surface area contributed by atoms with Gasteiger partial charge in [-0.15, -0.1) is 0 Å². The first-order valence-electron chi connectivity index (χ1n) is 7.79. The first-order valence-corrected chi connectivity index (χ1v) is 7.79. The van der Waals surface area contributed by atoms with Crippen molar-refractivity contribution in [3.8, 4) is 5.75 Å². The van der Waals surface area contributed by atoms with Crippen LogP contribution in [0.3, 0.4) is 0 Å². The average Bonchev–Trinajstić information content (AvgIpc) is 2.50. The van der Waals surface area contributed by atoms with Gasteiger partial charge in [0.1, 0.15) is 5.75 Å². The first-order chi connectivity index (χ1) is 10.5. The van der Waals surface area contributed by atoms with Crippen LogP contribution in [0.5, 0.6) is 5.75 Å². The Kier molecular flexibility index (Phi) is 5.41. The monoisotopic (exact) mass is 304 g/mol. The van der Waals surface area contributed by atoms with Gasteiger partial charge in [-0.2, -0.15) is 0 Å². The van der Waals surface area contributed by atoms with E-state index in [0.29, 0.717) is 23.1 Å². The van der Waals surface area contributed by atoms with Crippen molar-refractivity contribution in [3.63, 3.8) is 0 Å². The Morgan fingerprint density at radius 2 is 1.91 bits per heavy atom. The Balaban J connectivity index is 1.81. The number of rotatable bonds is 5. The SMILES string of the molecule is C[C@H]1[C@@H](NC(=O)COc2ccc(C(N)=O)cc2)CCC[C@@H]1C. The molecule has 3 atom stereocenters. The summed E-state index contributed by atoms with van der Waals surface area (Å²) in [6, 6.07) is 6.68. The van der Waals surface area contributed by atoms with Crippen molar-refractivity contribution >= 4 is 11.8 Å². The van der Waals surface area contributed by atoms with E-state index in [0.717, 1.165) is 12.8 Å². The van der Waals surface area contributed by atoms with E-state index in [9.17, 15) is 9.59 Å². The number of carbonyl (C=O) groups excluding carboxylic acids is 2. The summed E-state index contributed by atoms with van der Waals surface area (Å²) >= 11 is 0. The number of carbonyl (C=O) groups is 2. The highest BCUT2D eigenvalue weighted by Crippen LogP contribution is 2.29. The van der Waals surface area contributed by atoms with Crippen LogP contribution in [0.4, 0.5) is 0 Å². The maximum atomic E-state index is 12.0. The predicted octanol–water partition coefficient (Wildman–Crippen LogP) is 2.11. The highest BCUT2D eigenvalue weighted by molar-refractivity contribution is 5.92. The Bertz CT molecular complexity index is 527. The largest absolute Gasteiger partial charge is 0.484 e. The van der Waals surface area contributed by atoms with Gasteiger partial charge in [-0.3, -0.25) is 9.59 Å². The Labute approximate surface area is 131 Å². The van der Waals surface area contributed by atoms with Crippen molar-refractivity contribution in [1.29, 1.82) is 0 Å².